The van der Waals surface area contributed by atoms with E-state index in [9.17, 15) is 0 Å². The van der Waals surface area contributed by atoms with Crippen LogP contribution in [0.4, 0.5) is 5.69 Å². The van der Waals surface area contributed by atoms with Crippen molar-refractivity contribution in [2.75, 3.05) is 11.9 Å². The Morgan fingerprint density at radius 1 is 1.00 bits per heavy atom. The van der Waals surface area contributed by atoms with Crippen molar-refractivity contribution in [2.45, 2.75) is 6.42 Å². The fourth-order valence-corrected chi connectivity index (χ4v) is 2.85. The van der Waals surface area contributed by atoms with E-state index < -0.39 is 0 Å². The molecule has 0 atom stereocenters. The third-order valence-electron chi connectivity index (χ3n) is 3.04. The Balaban J connectivity index is 2.19. The van der Waals surface area contributed by atoms with E-state index in [0.717, 1.165) is 18.5 Å². The van der Waals surface area contributed by atoms with Gasteiger partial charge in [-0.25, -0.2) is 0 Å². The van der Waals surface area contributed by atoms with Gasteiger partial charge in [-0.05, 0) is 47.4 Å². The first kappa shape index (κ1) is 10.9. The van der Waals surface area contributed by atoms with Crippen molar-refractivity contribution in [3.63, 3.8) is 0 Å². The van der Waals surface area contributed by atoms with Gasteiger partial charge in [0, 0.05) is 22.3 Å². The molecular formula is C14H11Cl2N. The first-order valence-corrected chi connectivity index (χ1v) is 6.32. The van der Waals surface area contributed by atoms with Crippen LogP contribution in [0.25, 0.3) is 11.1 Å². The lowest BCUT2D eigenvalue weighted by atomic mass is 9.98. The lowest BCUT2D eigenvalue weighted by Crippen LogP contribution is -1.90. The van der Waals surface area contributed by atoms with Crippen LogP contribution in [0.1, 0.15) is 5.56 Å². The summed E-state index contributed by atoms with van der Waals surface area (Å²) in [5.41, 5.74) is 4.88. The molecule has 3 heteroatoms. The average molecular weight is 264 g/mol. The zero-order valence-electron chi connectivity index (χ0n) is 9.13. The fourth-order valence-electron chi connectivity index (χ4n) is 2.32. The van der Waals surface area contributed by atoms with E-state index in [-0.39, 0.29) is 0 Å². The number of benzene rings is 2. The Morgan fingerprint density at radius 2 is 1.76 bits per heavy atom. The van der Waals surface area contributed by atoms with Crippen LogP contribution in [0.15, 0.2) is 36.4 Å². The van der Waals surface area contributed by atoms with Gasteiger partial charge in [0.25, 0.3) is 0 Å². The highest BCUT2D eigenvalue weighted by molar-refractivity contribution is 6.35. The molecule has 0 aliphatic carbocycles. The van der Waals surface area contributed by atoms with Gasteiger partial charge < -0.3 is 5.32 Å². The molecule has 1 nitrogen and oxygen atoms in total. The van der Waals surface area contributed by atoms with Crippen LogP contribution in [0.2, 0.25) is 10.0 Å². The molecule has 3 rings (SSSR count). The largest absolute Gasteiger partial charge is 0.384 e. The molecule has 0 bridgehead atoms. The van der Waals surface area contributed by atoms with Crippen molar-refractivity contribution in [1.82, 2.24) is 0 Å². The molecule has 1 N–H and O–H groups in total. The number of anilines is 1. The lowest BCUT2D eigenvalue weighted by molar-refractivity contribution is 1.11. The summed E-state index contributed by atoms with van der Waals surface area (Å²) in [4.78, 5) is 0. The van der Waals surface area contributed by atoms with Crippen LogP contribution in [-0.4, -0.2) is 6.54 Å². The topological polar surface area (TPSA) is 12.0 Å². The maximum Gasteiger partial charge on any atom is 0.0426 e. The smallest absolute Gasteiger partial charge is 0.0426 e. The van der Waals surface area contributed by atoms with E-state index in [2.05, 4.69) is 23.5 Å². The molecule has 0 radical (unpaired) electrons. The molecule has 1 aliphatic heterocycles. The van der Waals surface area contributed by atoms with Crippen molar-refractivity contribution < 1.29 is 0 Å². The fraction of sp³-hybridized carbons (Fsp3) is 0.143. The highest BCUT2D eigenvalue weighted by atomic mass is 35.5. The summed E-state index contributed by atoms with van der Waals surface area (Å²) in [6.07, 6.45) is 1.05. The van der Waals surface area contributed by atoms with E-state index in [0.29, 0.717) is 10.0 Å². The first-order chi connectivity index (χ1) is 8.24. The Kier molecular flexibility index (Phi) is 2.73. The van der Waals surface area contributed by atoms with Crippen LogP contribution >= 0.6 is 23.2 Å². The highest BCUT2D eigenvalue weighted by Crippen LogP contribution is 2.35. The van der Waals surface area contributed by atoms with E-state index in [4.69, 9.17) is 23.2 Å². The van der Waals surface area contributed by atoms with Crippen molar-refractivity contribution in [3.05, 3.63) is 52.0 Å². The second-order valence-electron chi connectivity index (χ2n) is 4.17. The minimum absolute atomic E-state index is 0.677. The number of hydrogen-bond acceptors (Lipinski definition) is 1. The Bertz CT molecular complexity index is 558. The third-order valence-corrected chi connectivity index (χ3v) is 3.48. The normalized spacial score (nSPS) is 13.3. The average Bonchev–Trinajstić information content (AvgIpc) is 2.75. The number of halogens is 2. The predicted molar refractivity (Wildman–Crippen MR) is 74.1 cm³/mol. The molecule has 2 aromatic rings. The van der Waals surface area contributed by atoms with Crippen LogP contribution in [0.5, 0.6) is 0 Å². The molecule has 0 saturated carbocycles. The van der Waals surface area contributed by atoms with Gasteiger partial charge in [-0.2, -0.15) is 0 Å². The van der Waals surface area contributed by atoms with Crippen LogP contribution in [-0.2, 0) is 6.42 Å². The molecule has 86 valence electrons. The molecule has 0 saturated heterocycles. The number of fused-ring (bicyclic) bond motifs is 1. The van der Waals surface area contributed by atoms with Gasteiger partial charge in [0.05, 0.1) is 0 Å². The molecule has 1 heterocycles. The van der Waals surface area contributed by atoms with Gasteiger partial charge in [0.2, 0.25) is 0 Å². The molecule has 0 unspecified atom stereocenters. The molecule has 2 aromatic carbocycles. The summed E-state index contributed by atoms with van der Waals surface area (Å²) < 4.78 is 0. The van der Waals surface area contributed by atoms with Gasteiger partial charge in [0.15, 0.2) is 0 Å². The van der Waals surface area contributed by atoms with Crippen molar-refractivity contribution in [2.24, 2.45) is 0 Å². The minimum atomic E-state index is 0.677. The quantitative estimate of drug-likeness (QED) is 0.791. The van der Waals surface area contributed by atoms with Crippen LogP contribution < -0.4 is 5.32 Å². The summed E-state index contributed by atoms with van der Waals surface area (Å²) in [7, 11) is 0. The first-order valence-electron chi connectivity index (χ1n) is 5.56. The van der Waals surface area contributed by atoms with E-state index >= 15 is 0 Å². The van der Waals surface area contributed by atoms with E-state index in [1.807, 2.05) is 12.1 Å². The maximum atomic E-state index is 6.05. The summed E-state index contributed by atoms with van der Waals surface area (Å²) in [5, 5.41) is 4.73. The second kappa shape index (κ2) is 4.25. The summed E-state index contributed by atoms with van der Waals surface area (Å²) in [5.74, 6) is 0. The Morgan fingerprint density at radius 3 is 2.53 bits per heavy atom. The van der Waals surface area contributed by atoms with Crippen molar-refractivity contribution >= 4 is 28.9 Å². The Labute approximate surface area is 110 Å². The van der Waals surface area contributed by atoms with Crippen LogP contribution in [0.3, 0.4) is 0 Å². The molecule has 0 spiro atoms. The summed E-state index contributed by atoms with van der Waals surface area (Å²) in [6, 6.07) is 12.0. The SMILES string of the molecule is Clc1cc(Cl)cc(-c2cccc3c2CCN3)c1. The monoisotopic (exact) mass is 263 g/mol. The molecule has 0 aromatic heterocycles. The zero-order chi connectivity index (χ0) is 11.8. The number of rotatable bonds is 1. The molecule has 17 heavy (non-hydrogen) atoms. The van der Waals surface area contributed by atoms with E-state index in [1.54, 1.807) is 6.07 Å². The van der Waals surface area contributed by atoms with Gasteiger partial charge in [-0.15, -0.1) is 0 Å². The zero-order valence-corrected chi connectivity index (χ0v) is 10.6. The minimum Gasteiger partial charge on any atom is -0.384 e. The van der Waals surface area contributed by atoms with Gasteiger partial charge in [-0.3, -0.25) is 0 Å². The summed E-state index contributed by atoms with van der Waals surface area (Å²) in [6.45, 7) is 1.00. The van der Waals surface area contributed by atoms with Gasteiger partial charge in [0.1, 0.15) is 0 Å². The number of hydrogen-bond donors (Lipinski definition) is 1. The maximum absolute atomic E-state index is 6.05. The van der Waals surface area contributed by atoms with Crippen molar-refractivity contribution in [3.8, 4) is 11.1 Å². The molecule has 0 amide bonds. The Hall–Kier alpha value is -1.18. The predicted octanol–water partition coefficient (Wildman–Crippen LogP) is 4.63. The van der Waals surface area contributed by atoms with E-state index in [1.165, 1.54) is 16.8 Å². The van der Waals surface area contributed by atoms with Crippen LogP contribution in [0, 0.1) is 0 Å². The van der Waals surface area contributed by atoms with Crippen molar-refractivity contribution in [1.29, 1.82) is 0 Å². The standard InChI is InChI=1S/C14H11Cl2N/c15-10-6-9(7-11(16)8-10)12-2-1-3-14-13(12)4-5-17-14/h1-3,6-8,17H,4-5H2. The molecule has 0 fully saturated rings. The van der Waals surface area contributed by atoms with Gasteiger partial charge in [-0.1, -0.05) is 35.3 Å². The highest BCUT2D eigenvalue weighted by Gasteiger charge is 2.15. The molecule has 1 aliphatic rings. The second-order valence-corrected chi connectivity index (χ2v) is 5.04. The van der Waals surface area contributed by atoms with Gasteiger partial charge >= 0.3 is 0 Å². The summed E-state index contributed by atoms with van der Waals surface area (Å²) >= 11 is 12.1. The third kappa shape index (κ3) is 2.01. The lowest BCUT2D eigenvalue weighted by Gasteiger charge is -2.09. The molecular weight excluding hydrogens is 253 g/mol. The number of nitrogens with one attached hydrogen (secondary N) is 1.